The van der Waals surface area contributed by atoms with Gasteiger partial charge in [0, 0.05) is 12.5 Å². The van der Waals surface area contributed by atoms with E-state index in [2.05, 4.69) is 9.73 Å². The fraction of sp³-hybridized carbons (Fsp3) is 0.300. The van der Waals surface area contributed by atoms with Crippen molar-refractivity contribution in [2.45, 2.75) is 19.7 Å². The lowest BCUT2D eigenvalue weighted by Crippen LogP contribution is -2.17. The van der Waals surface area contributed by atoms with E-state index < -0.39 is 6.36 Å². The Kier molecular flexibility index (Phi) is 3.76. The van der Waals surface area contributed by atoms with Crippen molar-refractivity contribution in [2.75, 3.05) is 0 Å². The molecule has 0 spiro atoms. The number of alkyl halides is 3. The van der Waals surface area contributed by atoms with Gasteiger partial charge in [0.2, 0.25) is 0 Å². The summed E-state index contributed by atoms with van der Waals surface area (Å²) in [7, 11) is 0. The number of hydrogen-bond donors (Lipinski definition) is 1. The molecule has 0 saturated heterocycles. The first-order valence-corrected chi connectivity index (χ1v) is 4.59. The molecule has 1 aromatic rings. The van der Waals surface area contributed by atoms with Crippen LogP contribution in [0.3, 0.4) is 0 Å². The molecule has 0 aliphatic carbocycles. The van der Waals surface area contributed by atoms with Gasteiger partial charge in [-0.15, -0.1) is 13.2 Å². The minimum atomic E-state index is -4.70. The van der Waals surface area contributed by atoms with Crippen LogP contribution in [0.5, 0.6) is 5.75 Å². The molecule has 0 unspecified atom stereocenters. The van der Waals surface area contributed by atoms with E-state index >= 15 is 0 Å². The number of hydrogen-bond acceptors (Lipinski definition) is 2. The van der Waals surface area contributed by atoms with Gasteiger partial charge in [0.15, 0.2) is 0 Å². The molecule has 0 aliphatic rings. The highest BCUT2D eigenvalue weighted by molar-refractivity contribution is 5.82. The molecule has 88 valence electrons. The summed E-state index contributed by atoms with van der Waals surface area (Å²) in [5.74, 6) is 0.0433. The molecule has 0 aliphatic heterocycles. The average molecular weight is 232 g/mol. The van der Waals surface area contributed by atoms with Gasteiger partial charge >= 0.3 is 6.36 Å². The van der Waals surface area contributed by atoms with E-state index in [9.17, 15) is 13.2 Å². The molecule has 0 aromatic heterocycles. The lowest BCUT2D eigenvalue weighted by Gasteiger charge is -2.08. The number of ether oxygens (including phenoxy) is 1. The maximum atomic E-state index is 11.9. The van der Waals surface area contributed by atoms with Gasteiger partial charge in [-0.05, 0) is 12.1 Å². The zero-order valence-electron chi connectivity index (χ0n) is 8.58. The lowest BCUT2D eigenvalue weighted by molar-refractivity contribution is -0.274. The van der Waals surface area contributed by atoms with E-state index in [4.69, 9.17) is 5.73 Å². The number of rotatable bonds is 3. The standard InChI is InChI=1S/C10H11F3N2O/c1-2-9(14)15-7-4-3-5-8(6-7)16-10(11,12)13/h3-6H,2H2,1H3,(H2,14,15). The minimum absolute atomic E-state index is 0.308. The Morgan fingerprint density at radius 1 is 1.44 bits per heavy atom. The second-order valence-electron chi connectivity index (χ2n) is 3.00. The van der Waals surface area contributed by atoms with Gasteiger partial charge in [-0.1, -0.05) is 13.0 Å². The highest BCUT2D eigenvalue weighted by Gasteiger charge is 2.31. The van der Waals surface area contributed by atoms with Crippen LogP contribution in [0, 0.1) is 0 Å². The molecule has 3 nitrogen and oxygen atoms in total. The number of nitrogens with zero attached hydrogens (tertiary/aromatic N) is 1. The maximum Gasteiger partial charge on any atom is 0.573 e. The van der Waals surface area contributed by atoms with Crippen LogP contribution in [-0.4, -0.2) is 12.2 Å². The Hall–Kier alpha value is -1.72. The van der Waals surface area contributed by atoms with E-state index in [1.54, 1.807) is 13.0 Å². The second-order valence-corrected chi connectivity index (χ2v) is 3.00. The first-order valence-electron chi connectivity index (χ1n) is 4.59. The highest BCUT2D eigenvalue weighted by atomic mass is 19.4. The van der Waals surface area contributed by atoms with E-state index in [-0.39, 0.29) is 5.75 Å². The van der Waals surface area contributed by atoms with Gasteiger partial charge < -0.3 is 10.5 Å². The van der Waals surface area contributed by atoms with E-state index in [0.717, 1.165) is 0 Å². The molecule has 2 N–H and O–H groups in total. The number of nitrogens with two attached hydrogens (primary N) is 1. The summed E-state index contributed by atoms with van der Waals surface area (Å²) in [6, 6.07) is 5.35. The summed E-state index contributed by atoms with van der Waals surface area (Å²) < 4.78 is 39.5. The molecule has 0 amide bonds. The summed E-state index contributed by atoms with van der Waals surface area (Å²) in [5.41, 5.74) is 5.80. The molecule has 6 heteroatoms. The van der Waals surface area contributed by atoms with Crippen LogP contribution in [0.1, 0.15) is 13.3 Å². The average Bonchev–Trinajstić information content (AvgIpc) is 2.15. The lowest BCUT2D eigenvalue weighted by atomic mass is 10.3. The second kappa shape index (κ2) is 4.87. The Labute approximate surface area is 90.7 Å². The van der Waals surface area contributed by atoms with Crippen molar-refractivity contribution in [1.29, 1.82) is 0 Å². The van der Waals surface area contributed by atoms with Crippen molar-refractivity contribution < 1.29 is 17.9 Å². The fourth-order valence-electron chi connectivity index (χ4n) is 0.995. The molecule has 0 saturated carbocycles. The van der Waals surface area contributed by atoms with Crippen LogP contribution in [-0.2, 0) is 0 Å². The van der Waals surface area contributed by atoms with Crippen molar-refractivity contribution in [3.63, 3.8) is 0 Å². The quantitative estimate of drug-likeness (QED) is 0.643. The summed E-state index contributed by atoms with van der Waals surface area (Å²) in [6.07, 6.45) is -4.16. The maximum absolute atomic E-state index is 11.9. The summed E-state index contributed by atoms with van der Waals surface area (Å²) in [4.78, 5) is 3.92. The van der Waals surface area contributed by atoms with Crippen molar-refractivity contribution >= 4 is 11.5 Å². The topological polar surface area (TPSA) is 47.6 Å². The molecule has 0 bridgehead atoms. The van der Waals surface area contributed by atoms with Crippen LogP contribution < -0.4 is 10.5 Å². The Morgan fingerprint density at radius 2 is 2.12 bits per heavy atom. The van der Waals surface area contributed by atoms with Gasteiger partial charge in [0.1, 0.15) is 5.75 Å². The van der Waals surface area contributed by atoms with Crippen LogP contribution in [0.2, 0.25) is 0 Å². The third kappa shape index (κ3) is 4.20. The van der Waals surface area contributed by atoms with Crippen LogP contribution in [0.25, 0.3) is 0 Å². The normalized spacial score (nSPS) is 12.6. The first-order chi connectivity index (χ1) is 7.40. The minimum Gasteiger partial charge on any atom is -0.406 e. The monoisotopic (exact) mass is 232 g/mol. The zero-order valence-corrected chi connectivity index (χ0v) is 8.58. The highest BCUT2D eigenvalue weighted by Crippen LogP contribution is 2.26. The largest absolute Gasteiger partial charge is 0.573 e. The van der Waals surface area contributed by atoms with Crippen LogP contribution >= 0.6 is 0 Å². The SMILES string of the molecule is CCC(N)=Nc1cccc(OC(F)(F)F)c1. The molecule has 0 atom stereocenters. The molecular weight excluding hydrogens is 221 g/mol. The summed E-state index contributed by atoms with van der Waals surface area (Å²) >= 11 is 0. The van der Waals surface area contributed by atoms with E-state index in [1.807, 2.05) is 0 Å². The zero-order chi connectivity index (χ0) is 12.2. The van der Waals surface area contributed by atoms with Crippen LogP contribution in [0.4, 0.5) is 18.9 Å². The summed E-state index contributed by atoms with van der Waals surface area (Å²) in [5, 5.41) is 0. The van der Waals surface area contributed by atoms with Gasteiger partial charge in [-0.25, -0.2) is 4.99 Å². The number of halogens is 3. The van der Waals surface area contributed by atoms with Crippen molar-refractivity contribution in [1.82, 2.24) is 0 Å². The summed E-state index contributed by atoms with van der Waals surface area (Å²) in [6.45, 7) is 1.80. The van der Waals surface area contributed by atoms with Gasteiger partial charge in [-0.2, -0.15) is 0 Å². The third-order valence-corrected chi connectivity index (χ3v) is 1.69. The Balaban J connectivity index is 2.87. The van der Waals surface area contributed by atoms with Gasteiger partial charge in [0.05, 0.1) is 11.5 Å². The van der Waals surface area contributed by atoms with Crippen LogP contribution in [0.15, 0.2) is 29.3 Å². The third-order valence-electron chi connectivity index (χ3n) is 1.69. The van der Waals surface area contributed by atoms with Gasteiger partial charge in [0.25, 0.3) is 0 Å². The van der Waals surface area contributed by atoms with Crippen molar-refractivity contribution in [2.24, 2.45) is 10.7 Å². The Morgan fingerprint density at radius 3 is 2.69 bits per heavy atom. The molecule has 1 aromatic carbocycles. The molecule has 0 heterocycles. The number of benzene rings is 1. The molecule has 0 fully saturated rings. The molecular formula is C10H11F3N2O. The smallest absolute Gasteiger partial charge is 0.406 e. The van der Waals surface area contributed by atoms with E-state index in [1.165, 1.54) is 18.2 Å². The predicted molar refractivity (Wildman–Crippen MR) is 54.7 cm³/mol. The fourth-order valence-corrected chi connectivity index (χ4v) is 0.995. The number of aliphatic imine (C=N–C) groups is 1. The van der Waals surface area contributed by atoms with Crippen molar-refractivity contribution in [3.05, 3.63) is 24.3 Å². The number of amidine groups is 1. The molecule has 16 heavy (non-hydrogen) atoms. The first kappa shape index (κ1) is 12.4. The van der Waals surface area contributed by atoms with Gasteiger partial charge in [-0.3, -0.25) is 0 Å². The molecule has 1 rings (SSSR count). The Bertz CT molecular complexity index is 388. The van der Waals surface area contributed by atoms with E-state index in [0.29, 0.717) is 17.9 Å². The van der Waals surface area contributed by atoms with Crippen molar-refractivity contribution in [3.8, 4) is 5.75 Å². The molecule has 0 radical (unpaired) electrons. The predicted octanol–water partition coefficient (Wildman–Crippen LogP) is 2.98.